The molecule has 1 aliphatic rings. The quantitative estimate of drug-likeness (QED) is 0.438. The molecule has 0 radical (unpaired) electrons. The molecule has 0 bridgehead atoms. The third-order valence-electron chi connectivity index (χ3n) is 5.93. The Kier molecular flexibility index (Phi) is 7.14. The first kappa shape index (κ1) is 24.7. The molecule has 1 aromatic heterocycles. The molecular formula is C25H29F3N2O3. The van der Waals surface area contributed by atoms with Crippen molar-refractivity contribution >= 4 is 17.6 Å². The van der Waals surface area contributed by atoms with E-state index in [1.165, 1.54) is 6.07 Å². The summed E-state index contributed by atoms with van der Waals surface area (Å²) in [5, 5.41) is 0. The molecule has 3 rings (SSSR count). The SMILES string of the molecule is C[C@@H](OC(=O)C1CCN(c2ccc(C(F)(F)F)cn2)CC1)C(=O)c1ccc(C(C)(C)C)cc1. The third kappa shape index (κ3) is 6.12. The largest absolute Gasteiger partial charge is 0.454 e. The van der Waals surface area contributed by atoms with Crippen LogP contribution in [0.2, 0.25) is 0 Å². The van der Waals surface area contributed by atoms with Gasteiger partial charge in [0.15, 0.2) is 6.10 Å². The van der Waals surface area contributed by atoms with Gasteiger partial charge in [0.25, 0.3) is 0 Å². The van der Waals surface area contributed by atoms with Crippen molar-refractivity contribution in [3.8, 4) is 0 Å². The number of carbonyl (C=O) groups is 2. The number of esters is 1. The van der Waals surface area contributed by atoms with E-state index in [-0.39, 0.29) is 17.1 Å². The predicted molar refractivity (Wildman–Crippen MR) is 119 cm³/mol. The number of Topliss-reactive ketones (excluding diaryl/α,β-unsaturated/α-hetero) is 1. The van der Waals surface area contributed by atoms with Crippen molar-refractivity contribution in [2.24, 2.45) is 5.92 Å². The summed E-state index contributed by atoms with van der Waals surface area (Å²) < 4.78 is 43.6. The van der Waals surface area contributed by atoms with Gasteiger partial charge in [-0.3, -0.25) is 9.59 Å². The second-order valence-corrected chi connectivity index (χ2v) is 9.43. The highest BCUT2D eigenvalue weighted by Gasteiger charge is 2.32. The fourth-order valence-corrected chi connectivity index (χ4v) is 3.78. The Balaban J connectivity index is 1.52. The number of piperidine rings is 1. The standard InChI is InChI=1S/C25H29F3N2O3/c1-16(22(31)17-5-7-19(8-6-17)24(2,3)4)33-23(32)18-11-13-30(14-12-18)21-10-9-20(15-29-21)25(26,27)28/h5-10,15-16,18H,11-14H2,1-4H3/t16-/m1/s1. The van der Waals surface area contributed by atoms with E-state index in [2.05, 4.69) is 25.8 Å². The summed E-state index contributed by atoms with van der Waals surface area (Å²) in [5.41, 5.74) is 0.783. The van der Waals surface area contributed by atoms with E-state index < -0.39 is 23.8 Å². The average Bonchev–Trinajstić information content (AvgIpc) is 2.77. The van der Waals surface area contributed by atoms with Crippen molar-refractivity contribution in [3.05, 3.63) is 59.3 Å². The van der Waals surface area contributed by atoms with Gasteiger partial charge in [-0.1, -0.05) is 45.0 Å². The number of ether oxygens (including phenoxy) is 1. The highest BCUT2D eigenvalue weighted by atomic mass is 19.4. The minimum atomic E-state index is -4.43. The number of anilines is 1. The molecule has 0 unspecified atom stereocenters. The van der Waals surface area contributed by atoms with Crippen LogP contribution in [0.1, 0.15) is 62.0 Å². The second-order valence-electron chi connectivity index (χ2n) is 9.43. The van der Waals surface area contributed by atoms with Crippen LogP contribution in [0.5, 0.6) is 0 Å². The lowest BCUT2D eigenvalue weighted by Crippen LogP contribution is -2.38. The summed E-state index contributed by atoms with van der Waals surface area (Å²) in [6.45, 7) is 8.77. The van der Waals surface area contributed by atoms with Gasteiger partial charge < -0.3 is 9.64 Å². The molecule has 0 N–H and O–H groups in total. The van der Waals surface area contributed by atoms with Crippen LogP contribution >= 0.6 is 0 Å². The zero-order valence-corrected chi connectivity index (χ0v) is 19.3. The molecule has 1 saturated heterocycles. The maximum absolute atomic E-state index is 12.7. The van der Waals surface area contributed by atoms with Crippen molar-refractivity contribution in [2.45, 2.75) is 58.2 Å². The van der Waals surface area contributed by atoms with E-state index in [9.17, 15) is 22.8 Å². The van der Waals surface area contributed by atoms with Crippen molar-refractivity contribution in [3.63, 3.8) is 0 Å². The number of pyridine rings is 1. The lowest BCUT2D eigenvalue weighted by molar-refractivity contribution is -0.152. The van der Waals surface area contributed by atoms with Gasteiger partial charge >= 0.3 is 12.1 Å². The molecule has 33 heavy (non-hydrogen) atoms. The number of aromatic nitrogens is 1. The molecule has 8 heteroatoms. The van der Waals surface area contributed by atoms with E-state index in [0.717, 1.165) is 17.8 Å². The molecule has 1 aliphatic heterocycles. The second kappa shape index (κ2) is 9.53. The fourth-order valence-electron chi connectivity index (χ4n) is 3.78. The van der Waals surface area contributed by atoms with E-state index in [4.69, 9.17) is 4.74 Å². The molecule has 0 saturated carbocycles. The van der Waals surface area contributed by atoms with Gasteiger partial charge in [0.2, 0.25) is 5.78 Å². The van der Waals surface area contributed by atoms with Gasteiger partial charge in [-0.2, -0.15) is 13.2 Å². The van der Waals surface area contributed by atoms with Gasteiger partial charge in [-0.05, 0) is 42.9 Å². The van der Waals surface area contributed by atoms with E-state index in [0.29, 0.717) is 37.3 Å². The number of halogens is 3. The van der Waals surface area contributed by atoms with Gasteiger partial charge in [0.05, 0.1) is 11.5 Å². The Morgan fingerprint density at radius 3 is 2.06 bits per heavy atom. The molecule has 178 valence electrons. The topological polar surface area (TPSA) is 59.5 Å². The number of alkyl halides is 3. The Hall–Kier alpha value is -2.90. The zero-order chi connectivity index (χ0) is 24.4. The third-order valence-corrected chi connectivity index (χ3v) is 5.93. The fraction of sp³-hybridized carbons (Fsp3) is 0.480. The van der Waals surface area contributed by atoms with Gasteiger partial charge in [-0.25, -0.2) is 4.98 Å². The monoisotopic (exact) mass is 462 g/mol. The smallest absolute Gasteiger partial charge is 0.417 e. The number of benzene rings is 1. The van der Waals surface area contributed by atoms with Crippen LogP contribution in [-0.4, -0.2) is 35.9 Å². The van der Waals surface area contributed by atoms with Crippen molar-refractivity contribution in [1.82, 2.24) is 4.98 Å². The number of nitrogens with zero attached hydrogens (tertiary/aromatic N) is 2. The summed E-state index contributed by atoms with van der Waals surface area (Å²) in [5.74, 6) is -0.608. The molecular weight excluding hydrogens is 433 g/mol. The minimum absolute atomic E-state index is 0.0234. The predicted octanol–water partition coefficient (Wildman–Crippen LogP) is 5.43. The molecule has 5 nitrogen and oxygen atoms in total. The van der Waals surface area contributed by atoms with Gasteiger partial charge in [-0.15, -0.1) is 0 Å². The van der Waals surface area contributed by atoms with E-state index in [1.54, 1.807) is 19.1 Å². The van der Waals surface area contributed by atoms with Crippen molar-refractivity contribution in [1.29, 1.82) is 0 Å². The van der Waals surface area contributed by atoms with Gasteiger partial charge in [0, 0.05) is 24.8 Å². The first-order valence-corrected chi connectivity index (χ1v) is 11.0. The molecule has 1 aromatic carbocycles. The molecule has 1 atom stereocenters. The Morgan fingerprint density at radius 2 is 1.58 bits per heavy atom. The number of hydrogen-bond acceptors (Lipinski definition) is 5. The number of carbonyl (C=O) groups excluding carboxylic acids is 2. The van der Waals surface area contributed by atoms with Crippen LogP contribution in [0.25, 0.3) is 0 Å². The maximum atomic E-state index is 12.7. The molecule has 0 amide bonds. The lowest BCUT2D eigenvalue weighted by Gasteiger charge is -2.32. The number of ketones is 1. The first-order chi connectivity index (χ1) is 15.4. The van der Waals surface area contributed by atoms with E-state index in [1.807, 2.05) is 17.0 Å². The van der Waals surface area contributed by atoms with Crippen LogP contribution in [-0.2, 0) is 21.1 Å². The molecule has 1 fully saturated rings. The molecule has 0 aliphatic carbocycles. The van der Waals surface area contributed by atoms with Gasteiger partial charge in [0.1, 0.15) is 5.82 Å². The zero-order valence-electron chi connectivity index (χ0n) is 19.3. The molecule has 0 spiro atoms. The average molecular weight is 463 g/mol. The maximum Gasteiger partial charge on any atom is 0.417 e. The normalized spacial score (nSPS) is 16.4. The van der Waals surface area contributed by atoms with Crippen molar-refractivity contribution < 1.29 is 27.5 Å². The Bertz CT molecular complexity index is 972. The summed E-state index contributed by atoms with van der Waals surface area (Å²) >= 11 is 0. The lowest BCUT2D eigenvalue weighted by atomic mass is 9.86. The number of hydrogen-bond donors (Lipinski definition) is 0. The summed E-state index contributed by atoms with van der Waals surface area (Å²) in [6, 6.07) is 9.67. The van der Waals surface area contributed by atoms with Crippen LogP contribution in [0.4, 0.5) is 19.0 Å². The number of rotatable bonds is 5. The highest BCUT2D eigenvalue weighted by Crippen LogP contribution is 2.30. The first-order valence-electron chi connectivity index (χ1n) is 11.0. The van der Waals surface area contributed by atoms with Crippen molar-refractivity contribution in [2.75, 3.05) is 18.0 Å². The van der Waals surface area contributed by atoms with E-state index >= 15 is 0 Å². The summed E-state index contributed by atoms with van der Waals surface area (Å²) in [7, 11) is 0. The van der Waals surface area contributed by atoms with Crippen LogP contribution in [0.3, 0.4) is 0 Å². The Labute approximate surface area is 192 Å². The minimum Gasteiger partial charge on any atom is -0.454 e. The van der Waals surface area contributed by atoms with Crippen LogP contribution in [0, 0.1) is 5.92 Å². The summed E-state index contributed by atoms with van der Waals surface area (Å²) in [4.78, 5) is 31.0. The molecule has 2 heterocycles. The van der Waals surface area contributed by atoms with Crippen LogP contribution < -0.4 is 4.90 Å². The Morgan fingerprint density at radius 1 is 1.00 bits per heavy atom. The highest BCUT2D eigenvalue weighted by molar-refractivity contribution is 6.00. The van der Waals surface area contributed by atoms with Crippen LogP contribution in [0.15, 0.2) is 42.6 Å². The molecule has 2 aromatic rings. The summed E-state index contributed by atoms with van der Waals surface area (Å²) in [6.07, 6.45) is -3.55.